The lowest BCUT2D eigenvalue weighted by molar-refractivity contribution is -0.134. The van der Waals surface area contributed by atoms with E-state index in [2.05, 4.69) is 12.2 Å². The van der Waals surface area contributed by atoms with Crippen LogP contribution in [0, 0.1) is 5.92 Å². The van der Waals surface area contributed by atoms with Crippen LogP contribution in [-0.2, 0) is 9.53 Å². The van der Waals surface area contributed by atoms with E-state index in [-0.39, 0.29) is 5.91 Å². The van der Waals surface area contributed by atoms with E-state index < -0.39 is 0 Å². The van der Waals surface area contributed by atoms with Crippen LogP contribution in [0.3, 0.4) is 0 Å². The van der Waals surface area contributed by atoms with E-state index in [0.29, 0.717) is 25.8 Å². The molecule has 1 aliphatic heterocycles. The van der Waals surface area contributed by atoms with Gasteiger partial charge in [-0.1, -0.05) is 13.3 Å². The molecule has 0 aromatic heterocycles. The summed E-state index contributed by atoms with van der Waals surface area (Å²) in [6.07, 6.45) is 3.81. The number of carbonyl (C=O) groups excluding carboxylic acids is 1. The van der Waals surface area contributed by atoms with Crippen molar-refractivity contribution in [3.05, 3.63) is 0 Å². The third kappa shape index (κ3) is 2.95. The van der Waals surface area contributed by atoms with E-state index in [4.69, 9.17) is 4.74 Å². The highest BCUT2D eigenvalue weighted by molar-refractivity contribution is 5.78. The smallest absolute Gasteiger partial charge is 0.236 e. The largest absolute Gasteiger partial charge is 0.378 e. The Bertz CT molecular complexity index is 239. The van der Waals surface area contributed by atoms with Crippen molar-refractivity contribution in [2.75, 3.05) is 32.8 Å². The third-order valence-electron chi connectivity index (χ3n) is 3.74. The van der Waals surface area contributed by atoms with Crippen LogP contribution >= 0.6 is 0 Å². The quantitative estimate of drug-likeness (QED) is 0.767. The summed E-state index contributed by atoms with van der Waals surface area (Å²) in [5, 5.41) is 3.40. The van der Waals surface area contributed by atoms with Crippen LogP contribution in [0.4, 0.5) is 0 Å². The fourth-order valence-electron chi connectivity index (χ4n) is 2.59. The molecule has 2 rings (SSSR count). The Morgan fingerprint density at radius 3 is 2.75 bits per heavy atom. The highest BCUT2D eigenvalue weighted by atomic mass is 16.5. The van der Waals surface area contributed by atoms with Gasteiger partial charge in [0.05, 0.1) is 19.8 Å². The number of hydrogen-bond acceptors (Lipinski definition) is 3. The fraction of sp³-hybridized carbons (Fsp3) is 0.917. The molecule has 0 aromatic carbocycles. The van der Waals surface area contributed by atoms with Gasteiger partial charge in [-0.15, -0.1) is 0 Å². The summed E-state index contributed by atoms with van der Waals surface area (Å²) in [6.45, 7) is 5.64. The van der Waals surface area contributed by atoms with Gasteiger partial charge in [0.1, 0.15) is 0 Å². The minimum absolute atomic E-state index is 0.224. The molecule has 2 fully saturated rings. The molecule has 1 N–H and O–H groups in total. The summed E-state index contributed by atoms with van der Waals surface area (Å²) in [5.41, 5.74) is 0. The van der Waals surface area contributed by atoms with Crippen molar-refractivity contribution < 1.29 is 9.53 Å². The van der Waals surface area contributed by atoms with Crippen molar-refractivity contribution in [1.29, 1.82) is 0 Å². The Morgan fingerprint density at radius 1 is 1.38 bits per heavy atom. The molecule has 4 heteroatoms. The van der Waals surface area contributed by atoms with Crippen LogP contribution in [-0.4, -0.2) is 49.7 Å². The van der Waals surface area contributed by atoms with E-state index in [1.54, 1.807) is 0 Å². The predicted octanol–water partition coefficient (Wildman–Crippen LogP) is 0.623. The zero-order valence-corrected chi connectivity index (χ0v) is 10.1. The van der Waals surface area contributed by atoms with Crippen molar-refractivity contribution in [1.82, 2.24) is 10.2 Å². The second-order valence-electron chi connectivity index (χ2n) is 4.89. The summed E-state index contributed by atoms with van der Waals surface area (Å²) < 4.78 is 5.23. The Hall–Kier alpha value is -0.610. The van der Waals surface area contributed by atoms with Crippen LogP contribution in [0.5, 0.6) is 0 Å². The normalized spacial score (nSPS) is 30.7. The monoisotopic (exact) mass is 226 g/mol. The average molecular weight is 226 g/mol. The molecule has 16 heavy (non-hydrogen) atoms. The summed E-state index contributed by atoms with van der Waals surface area (Å²) in [5.74, 6) is 0.944. The van der Waals surface area contributed by atoms with Crippen LogP contribution in [0.25, 0.3) is 0 Å². The van der Waals surface area contributed by atoms with Crippen molar-refractivity contribution in [2.24, 2.45) is 5.92 Å². The zero-order chi connectivity index (χ0) is 11.4. The molecular weight excluding hydrogens is 204 g/mol. The Morgan fingerprint density at radius 2 is 2.12 bits per heavy atom. The van der Waals surface area contributed by atoms with Gasteiger partial charge in [0.25, 0.3) is 0 Å². The van der Waals surface area contributed by atoms with Crippen LogP contribution in [0.2, 0.25) is 0 Å². The van der Waals surface area contributed by atoms with Crippen LogP contribution in [0.15, 0.2) is 0 Å². The van der Waals surface area contributed by atoms with Crippen LogP contribution < -0.4 is 5.32 Å². The summed E-state index contributed by atoms with van der Waals surface area (Å²) >= 11 is 0. The first-order valence-electron chi connectivity index (χ1n) is 6.36. The first kappa shape index (κ1) is 11.9. The molecule has 92 valence electrons. The maximum absolute atomic E-state index is 11.9. The molecule has 1 heterocycles. The Labute approximate surface area is 97.3 Å². The molecule has 2 atom stereocenters. The van der Waals surface area contributed by atoms with Gasteiger partial charge in [-0.3, -0.25) is 4.79 Å². The number of carbonyl (C=O) groups is 1. The zero-order valence-electron chi connectivity index (χ0n) is 10.1. The van der Waals surface area contributed by atoms with Crippen molar-refractivity contribution in [2.45, 2.75) is 32.2 Å². The second kappa shape index (κ2) is 5.64. The van der Waals surface area contributed by atoms with Gasteiger partial charge in [0.15, 0.2) is 0 Å². The van der Waals surface area contributed by atoms with E-state index in [9.17, 15) is 4.79 Å². The Kier molecular flexibility index (Phi) is 4.18. The lowest BCUT2D eigenvalue weighted by Gasteiger charge is -2.28. The average Bonchev–Trinajstić information content (AvgIpc) is 2.73. The van der Waals surface area contributed by atoms with Gasteiger partial charge in [-0.05, 0) is 18.8 Å². The molecule has 0 spiro atoms. The predicted molar refractivity (Wildman–Crippen MR) is 62.2 cm³/mol. The molecular formula is C12H22N2O2. The maximum Gasteiger partial charge on any atom is 0.236 e. The molecule has 1 saturated carbocycles. The molecule has 2 unspecified atom stereocenters. The maximum atomic E-state index is 11.9. The number of amides is 1. The molecule has 1 amide bonds. The Balaban J connectivity index is 1.70. The first-order valence-corrected chi connectivity index (χ1v) is 6.36. The summed E-state index contributed by atoms with van der Waals surface area (Å²) in [6, 6.07) is 0.546. The number of hydrogen-bond donors (Lipinski definition) is 1. The summed E-state index contributed by atoms with van der Waals surface area (Å²) in [7, 11) is 0. The van der Waals surface area contributed by atoms with Crippen molar-refractivity contribution in [3.63, 3.8) is 0 Å². The third-order valence-corrected chi connectivity index (χ3v) is 3.74. The van der Waals surface area contributed by atoms with Gasteiger partial charge in [0.2, 0.25) is 5.91 Å². The number of morpholine rings is 1. The highest BCUT2D eigenvalue weighted by Crippen LogP contribution is 2.24. The van der Waals surface area contributed by atoms with Crippen molar-refractivity contribution in [3.8, 4) is 0 Å². The van der Waals surface area contributed by atoms with Gasteiger partial charge in [-0.25, -0.2) is 0 Å². The minimum atomic E-state index is 0.224. The standard InChI is InChI=1S/C12H22N2O2/c1-10-3-2-4-11(10)13-9-12(15)14-5-7-16-8-6-14/h10-11,13H,2-9H2,1H3. The summed E-state index contributed by atoms with van der Waals surface area (Å²) in [4.78, 5) is 13.8. The number of nitrogens with one attached hydrogen (secondary N) is 1. The van der Waals surface area contributed by atoms with E-state index in [0.717, 1.165) is 19.0 Å². The molecule has 4 nitrogen and oxygen atoms in total. The molecule has 1 aliphatic carbocycles. The number of nitrogens with zero attached hydrogens (tertiary/aromatic N) is 1. The molecule has 0 bridgehead atoms. The van der Waals surface area contributed by atoms with Crippen molar-refractivity contribution >= 4 is 5.91 Å². The number of rotatable bonds is 3. The lowest BCUT2D eigenvalue weighted by Crippen LogP contribution is -2.46. The molecule has 2 aliphatic rings. The van der Waals surface area contributed by atoms with Gasteiger partial charge >= 0.3 is 0 Å². The van der Waals surface area contributed by atoms with E-state index >= 15 is 0 Å². The molecule has 1 saturated heterocycles. The highest BCUT2D eigenvalue weighted by Gasteiger charge is 2.24. The van der Waals surface area contributed by atoms with Gasteiger partial charge < -0.3 is 15.0 Å². The lowest BCUT2D eigenvalue weighted by atomic mass is 10.1. The minimum Gasteiger partial charge on any atom is -0.378 e. The first-order chi connectivity index (χ1) is 7.77. The fourth-order valence-corrected chi connectivity index (χ4v) is 2.59. The van der Waals surface area contributed by atoms with Gasteiger partial charge in [0, 0.05) is 19.1 Å². The molecule has 0 aromatic rings. The van der Waals surface area contributed by atoms with Crippen LogP contribution in [0.1, 0.15) is 26.2 Å². The van der Waals surface area contributed by atoms with Gasteiger partial charge in [-0.2, -0.15) is 0 Å². The SMILES string of the molecule is CC1CCCC1NCC(=O)N1CCOCC1. The molecule has 0 radical (unpaired) electrons. The topological polar surface area (TPSA) is 41.6 Å². The van der Waals surface area contributed by atoms with E-state index in [1.165, 1.54) is 19.3 Å². The second-order valence-corrected chi connectivity index (χ2v) is 4.89. The number of ether oxygens (including phenoxy) is 1. The van der Waals surface area contributed by atoms with E-state index in [1.807, 2.05) is 4.90 Å².